The van der Waals surface area contributed by atoms with Crippen molar-refractivity contribution in [2.75, 3.05) is 0 Å². The summed E-state index contributed by atoms with van der Waals surface area (Å²) in [6, 6.07) is 16.5. The van der Waals surface area contributed by atoms with Crippen LogP contribution in [0.2, 0.25) is 15.1 Å². The Kier molecular flexibility index (Phi) is 6.14. The molecule has 4 nitrogen and oxygen atoms in total. The van der Waals surface area contributed by atoms with Crippen LogP contribution >= 0.6 is 34.8 Å². The van der Waals surface area contributed by atoms with E-state index in [2.05, 4.69) is 0 Å². The molecular formula is C24H13Cl3O4. The molecule has 0 spiro atoms. The van der Waals surface area contributed by atoms with Crippen LogP contribution in [0.4, 0.5) is 0 Å². The topological polar surface area (TPSA) is 56.5 Å². The van der Waals surface area contributed by atoms with Gasteiger partial charge in [0.15, 0.2) is 5.43 Å². The molecule has 0 aliphatic carbocycles. The summed E-state index contributed by atoms with van der Waals surface area (Å²) < 4.78 is 10.9. The molecule has 0 amide bonds. The van der Waals surface area contributed by atoms with Gasteiger partial charge in [0.2, 0.25) is 0 Å². The molecule has 7 heteroatoms. The van der Waals surface area contributed by atoms with E-state index in [-0.39, 0.29) is 11.2 Å². The Bertz CT molecular complexity index is 1370. The summed E-state index contributed by atoms with van der Waals surface area (Å²) >= 11 is 17.7. The largest absolute Gasteiger partial charge is 0.463 e. The van der Waals surface area contributed by atoms with Gasteiger partial charge in [-0.25, -0.2) is 4.79 Å². The minimum Gasteiger partial charge on any atom is -0.463 e. The van der Waals surface area contributed by atoms with E-state index in [0.29, 0.717) is 42.7 Å². The van der Waals surface area contributed by atoms with Crippen molar-refractivity contribution < 1.29 is 13.9 Å². The highest BCUT2D eigenvalue weighted by atomic mass is 35.5. The minimum atomic E-state index is -0.592. The number of rotatable bonds is 4. The Balaban J connectivity index is 1.55. The van der Waals surface area contributed by atoms with E-state index in [1.165, 1.54) is 24.5 Å². The number of fused-ring (bicyclic) bond motifs is 1. The van der Waals surface area contributed by atoms with E-state index in [9.17, 15) is 9.59 Å². The van der Waals surface area contributed by atoms with Crippen LogP contribution in [0.5, 0.6) is 5.75 Å². The Morgan fingerprint density at radius 2 is 1.68 bits per heavy atom. The first-order valence-electron chi connectivity index (χ1n) is 9.07. The third-order valence-corrected chi connectivity index (χ3v) is 5.47. The number of carbonyl (C=O) groups is 1. The monoisotopic (exact) mass is 470 g/mol. The van der Waals surface area contributed by atoms with Crippen LogP contribution in [0, 0.1) is 0 Å². The first-order chi connectivity index (χ1) is 14.9. The van der Waals surface area contributed by atoms with Gasteiger partial charge in [0, 0.05) is 17.2 Å². The molecule has 0 aliphatic heterocycles. The van der Waals surface area contributed by atoms with E-state index >= 15 is 0 Å². The average molecular weight is 472 g/mol. The fraction of sp³-hybridized carbons (Fsp3) is 0. The molecule has 31 heavy (non-hydrogen) atoms. The van der Waals surface area contributed by atoms with E-state index < -0.39 is 5.97 Å². The first-order valence-corrected chi connectivity index (χ1v) is 10.2. The highest BCUT2D eigenvalue weighted by Gasteiger charge is 2.11. The quantitative estimate of drug-likeness (QED) is 0.182. The molecule has 0 bridgehead atoms. The van der Waals surface area contributed by atoms with Gasteiger partial charge >= 0.3 is 5.97 Å². The molecule has 0 radical (unpaired) electrons. The van der Waals surface area contributed by atoms with Crippen LogP contribution in [0.3, 0.4) is 0 Å². The van der Waals surface area contributed by atoms with Crippen LogP contribution in [0.1, 0.15) is 5.56 Å². The van der Waals surface area contributed by atoms with Gasteiger partial charge in [0.1, 0.15) is 17.6 Å². The molecule has 4 aromatic rings. The van der Waals surface area contributed by atoms with Crippen LogP contribution in [0.15, 0.2) is 82.2 Å². The highest BCUT2D eigenvalue weighted by Crippen LogP contribution is 2.25. The van der Waals surface area contributed by atoms with E-state index in [1.807, 2.05) is 0 Å². The second-order valence-electron chi connectivity index (χ2n) is 6.57. The molecule has 154 valence electrons. The van der Waals surface area contributed by atoms with Crippen molar-refractivity contribution in [3.63, 3.8) is 0 Å². The first kappa shape index (κ1) is 21.2. The summed E-state index contributed by atoms with van der Waals surface area (Å²) in [5.41, 5.74) is 1.93. The zero-order valence-corrected chi connectivity index (χ0v) is 18.0. The van der Waals surface area contributed by atoms with Crippen LogP contribution in [-0.2, 0) is 4.79 Å². The SMILES string of the molecule is O=C(C=Cc1ccc(Cl)c(Cl)c1)Oc1ccc2c(=O)c(-c3ccc(Cl)cc3)coc2c1. The van der Waals surface area contributed by atoms with E-state index in [1.54, 1.807) is 54.6 Å². The molecule has 4 rings (SSSR count). The summed E-state index contributed by atoms with van der Waals surface area (Å²) in [7, 11) is 0. The summed E-state index contributed by atoms with van der Waals surface area (Å²) in [6.07, 6.45) is 4.21. The zero-order valence-electron chi connectivity index (χ0n) is 15.8. The summed E-state index contributed by atoms with van der Waals surface area (Å²) in [6.45, 7) is 0. The third kappa shape index (κ3) is 4.83. The number of halogens is 3. The van der Waals surface area contributed by atoms with Gasteiger partial charge in [-0.3, -0.25) is 4.79 Å². The van der Waals surface area contributed by atoms with Gasteiger partial charge in [-0.05, 0) is 53.6 Å². The lowest BCUT2D eigenvalue weighted by Gasteiger charge is -2.05. The smallest absolute Gasteiger partial charge is 0.336 e. The highest BCUT2D eigenvalue weighted by molar-refractivity contribution is 6.42. The van der Waals surface area contributed by atoms with Gasteiger partial charge in [-0.15, -0.1) is 0 Å². The lowest BCUT2D eigenvalue weighted by atomic mass is 10.1. The molecule has 1 heterocycles. The predicted octanol–water partition coefficient (Wildman–Crippen LogP) is 7.04. The van der Waals surface area contributed by atoms with Crippen LogP contribution in [-0.4, -0.2) is 5.97 Å². The Hall–Kier alpha value is -3.05. The Morgan fingerprint density at radius 3 is 2.42 bits per heavy atom. The van der Waals surface area contributed by atoms with Crippen molar-refractivity contribution in [2.24, 2.45) is 0 Å². The number of hydrogen-bond acceptors (Lipinski definition) is 4. The summed E-state index contributed by atoms with van der Waals surface area (Å²) in [4.78, 5) is 25.0. The Labute approximate surface area is 192 Å². The fourth-order valence-electron chi connectivity index (χ4n) is 2.93. The predicted molar refractivity (Wildman–Crippen MR) is 124 cm³/mol. The molecule has 0 atom stereocenters. The number of benzene rings is 3. The van der Waals surface area contributed by atoms with Gasteiger partial charge in [-0.1, -0.05) is 53.0 Å². The maximum atomic E-state index is 12.8. The van der Waals surface area contributed by atoms with E-state index in [4.69, 9.17) is 44.0 Å². The summed E-state index contributed by atoms with van der Waals surface area (Å²) in [5.74, 6) is -0.343. The van der Waals surface area contributed by atoms with Gasteiger partial charge in [0.05, 0.1) is 21.0 Å². The van der Waals surface area contributed by atoms with Crippen molar-refractivity contribution in [2.45, 2.75) is 0 Å². The fourth-order valence-corrected chi connectivity index (χ4v) is 3.36. The van der Waals surface area contributed by atoms with Gasteiger partial charge in [-0.2, -0.15) is 0 Å². The summed E-state index contributed by atoms with van der Waals surface area (Å²) in [5, 5.41) is 1.77. The molecular weight excluding hydrogens is 459 g/mol. The average Bonchev–Trinajstić information content (AvgIpc) is 2.76. The molecule has 0 fully saturated rings. The Morgan fingerprint density at radius 1 is 0.903 bits per heavy atom. The van der Waals surface area contributed by atoms with Crippen molar-refractivity contribution >= 4 is 57.8 Å². The lowest BCUT2D eigenvalue weighted by Crippen LogP contribution is -2.06. The molecule has 0 aliphatic rings. The normalized spacial score (nSPS) is 11.2. The van der Waals surface area contributed by atoms with Crippen molar-refractivity contribution in [3.8, 4) is 16.9 Å². The standard InChI is InChI=1S/C24H13Cl3O4/c25-16-5-3-15(4-6-16)19-13-30-22-12-17(7-8-18(22)24(19)29)31-23(28)10-2-14-1-9-20(26)21(27)11-14/h1-13H. The maximum Gasteiger partial charge on any atom is 0.336 e. The van der Waals surface area contributed by atoms with E-state index in [0.717, 1.165) is 0 Å². The molecule has 0 saturated heterocycles. The molecule has 3 aromatic carbocycles. The van der Waals surface area contributed by atoms with Crippen LogP contribution in [0.25, 0.3) is 28.2 Å². The second-order valence-corrected chi connectivity index (χ2v) is 7.82. The lowest BCUT2D eigenvalue weighted by molar-refractivity contribution is -0.128. The minimum absolute atomic E-state index is 0.194. The molecule has 0 N–H and O–H groups in total. The zero-order chi connectivity index (χ0) is 22.0. The molecule has 1 aromatic heterocycles. The number of ether oxygens (including phenoxy) is 1. The van der Waals surface area contributed by atoms with Crippen molar-refractivity contribution in [3.05, 3.63) is 104 Å². The van der Waals surface area contributed by atoms with Crippen molar-refractivity contribution in [1.29, 1.82) is 0 Å². The third-order valence-electron chi connectivity index (χ3n) is 4.48. The molecule has 0 unspecified atom stereocenters. The number of hydrogen-bond donors (Lipinski definition) is 0. The molecule has 0 saturated carbocycles. The van der Waals surface area contributed by atoms with Gasteiger partial charge in [0.25, 0.3) is 0 Å². The number of carbonyl (C=O) groups excluding carboxylic acids is 1. The maximum absolute atomic E-state index is 12.8. The van der Waals surface area contributed by atoms with Gasteiger partial charge < -0.3 is 9.15 Å². The van der Waals surface area contributed by atoms with Crippen molar-refractivity contribution in [1.82, 2.24) is 0 Å². The second kappa shape index (κ2) is 8.98. The number of esters is 1. The van der Waals surface area contributed by atoms with Crippen LogP contribution < -0.4 is 10.2 Å².